The number of rotatable bonds is 7. The Morgan fingerprint density at radius 3 is 2.27 bits per heavy atom. The molecule has 0 radical (unpaired) electrons. The molecule has 0 aliphatic carbocycles. The molecule has 5 rings (SSSR count). The molecule has 10 heteroatoms. The van der Waals surface area contributed by atoms with Gasteiger partial charge in [0.2, 0.25) is 0 Å². The Morgan fingerprint density at radius 2 is 1.60 bits per heavy atom. The SMILES string of the molecule is Cc1ccc(-c2nc(-c3c(C)n(Cc4c(F)cccc4F)c(=O)n(C[C@H](N)c4ccccc4)c3=O)cs2)cc1F. The largest absolute Gasteiger partial charge is 0.331 e. The quantitative estimate of drug-likeness (QED) is 0.281. The van der Waals surface area contributed by atoms with E-state index in [2.05, 4.69) is 4.98 Å². The molecule has 0 fully saturated rings. The van der Waals surface area contributed by atoms with Crippen LogP contribution >= 0.6 is 11.3 Å². The van der Waals surface area contributed by atoms with Crippen molar-refractivity contribution >= 4 is 11.3 Å². The van der Waals surface area contributed by atoms with E-state index in [9.17, 15) is 22.8 Å². The van der Waals surface area contributed by atoms with E-state index in [-0.39, 0.29) is 34.9 Å². The number of benzene rings is 3. The fourth-order valence-corrected chi connectivity index (χ4v) is 5.34. The third-order valence-corrected chi connectivity index (χ3v) is 7.74. The molecule has 2 N–H and O–H groups in total. The van der Waals surface area contributed by atoms with Crippen LogP contribution in [-0.2, 0) is 13.1 Å². The van der Waals surface area contributed by atoms with Gasteiger partial charge in [-0.3, -0.25) is 13.9 Å². The first-order valence-corrected chi connectivity index (χ1v) is 13.3. The molecule has 0 saturated heterocycles. The highest BCUT2D eigenvalue weighted by Gasteiger charge is 2.23. The maximum Gasteiger partial charge on any atom is 0.331 e. The lowest BCUT2D eigenvalue weighted by Gasteiger charge is -2.19. The molecular weight excluding hydrogens is 537 g/mol. The number of nitrogens with two attached hydrogens (primary N) is 1. The van der Waals surface area contributed by atoms with Gasteiger partial charge in [-0.2, -0.15) is 0 Å². The van der Waals surface area contributed by atoms with Crippen molar-refractivity contribution in [3.05, 3.63) is 133 Å². The number of aromatic nitrogens is 3. The zero-order valence-corrected chi connectivity index (χ0v) is 22.5. The first kappa shape index (κ1) is 27.3. The minimum Gasteiger partial charge on any atom is -0.322 e. The number of halogens is 3. The van der Waals surface area contributed by atoms with Crippen LogP contribution in [0.3, 0.4) is 0 Å². The van der Waals surface area contributed by atoms with Gasteiger partial charge in [-0.25, -0.2) is 22.9 Å². The van der Waals surface area contributed by atoms with Crippen LogP contribution in [0.4, 0.5) is 13.2 Å². The summed E-state index contributed by atoms with van der Waals surface area (Å²) in [5.74, 6) is -2.02. The fraction of sp³-hybridized carbons (Fsp3) is 0.167. The molecule has 0 spiro atoms. The first-order valence-electron chi connectivity index (χ1n) is 12.5. The molecule has 2 aromatic heterocycles. The molecule has 0 saturated carbocycles. The lowest BCUT2D eigenvalue weighted by molar-refractivity contribution is 0.493. The Kier molecular flexibility index (Phi) is 7.55. The van der Waals surface area contributed by atoms with Crippen molar-refractivity contribution in [3.63, 3.8) is 0 Å². The van der Waals surface area contributed by atoms with Crippen LogP contribution < -0.4 is 17.0 Å². The van der Waals surface area contributed by atoms with E-state index >= 15 is 0 Å². The molecule has 204 valence electrons. The van der Waals surface area contributed by atoms with E-state index in [1.165, 1.54) is 30.4 Å². The van der Waals surface area contributed by atoms with Gasteiger partial charge in [0.15, 0.2) is 0 Å². The molecule has 0 bridgehead atoms. The number of aryl methyl sites for hydroxylation is 1. The molecule has 5 aromatic rings. The topological polar surface area (TPSA) is 82.9 Å². The summed E-state index contributed by atoms with van der Waals surface area (Å²) in [7, 11) is 0. The van der Waals surface area contributed by atoms with Gasteiger partial charge < -0.3 is 5.73 Å². The monoisotopic (exact) mass is 562 g/mol. The summed E-state index contributed by atoms with van der Waals surface area (Å²) in [4.78, 5) is 32.0. The number of hydrogen-bond donors (Lipinski definition) is 1. The van der Waals surface area contributed by atoms with Crippen LogP contribution in [0.1, 0.15) is 28.4 Å². The molecule has 2 heterocycles. The lowest BCUT2D eigenvalue weighted by Crippen LogP contribution is -2.44. The van der Waals surface area contributed by atoms with Gasteiger partial charge >= 0.3 is 5.69 Å². The molecule has 3 aromatic carbocycles. The Balaban J connectivity index is 1.68. The highest BCUT2D eigenvalue weighted by Crippen LogP contribution is 2.30. The van der Waals surface area contributed by atoms with E-state index in [0.29, 0.717) is 21.7 Å². The highest BCUT2D eigenvalue weighted by atomic mass is 32.1. The Bertz CT molecular complexity index is 1810. The van der Waals surface area contributed by atoms with E-state index in [1.807, 2.05) is 6.07 Å². The maximum absolute atomic E-state index is 14.6. The number of hydrogen-bond acceptors (Lipinski definition) is 5. The van der Waals surface area contributed by atoms with Crippen LogP contribution in [0, 0.1) is 31.3 Å². The van der Waals surface area contributed by atoms with Gasteiger partial charge in [0.05, 0.1) is 24.3 Å². The molecule has 0 unspecified atom stereocenters. The summed E-state index contributed by atoms with van der Waals surface area (Å²) >= 11 is 1.21. The summed E-state index contributed by atoms with van der Waals surface area (Å²) in [6.45, 7) is 2.56. The molecule has 6 nitrogen and oxygen atoms in total. The van der Waals surface area contributed by atoms with Crippen molar-refractivity contribution in [1.29, 1.82) is 0 Å². The van der Waals surface area contributed by atoms with Crippen molar-refractivity contribution in [2.45, 2.75) is 33.0 Å². The number of thiazole rings is 1. The Hall–Kier alpha value is -4.28. The third kappa shape index (κ3) is 5.15. The van der Waals surface area contributed by atoms with Crippen LogP contribution in [0.2, 0.25) is 0 Å². The van der Waals surface area contributed by atoms with Crippen LogP contribution in [0.5, 0.6) is 0 Å². The summed E-state index contributed by atoms with van der Waals surface area (Å²) in [5, 5.41) is 2.11. The predicted octanol–water partition coefficient (Wildman–Crippen LogP) is 5.58. The second kappa shape index (κ2) is 11.1. The van der Waals surface area contributed by atoms with Crippen LogP contribution in [0.15, 0.2) is 81.7 Å². The van der Waals surface area contributed by atoms with Gasteiger partial charge in [0, 0.05) is 28.2 Å². The summed E-state index contributed by atoms with van der Waals surface area (Å²) in [5.41, 5.74) is 6.94. The molecule has 0 amide bonds. The van der Waals surface area contributed by atoms with E-state index in [1.54, 1.807) is 48.7 Å². The third-order valence-electron chi connectivity index (χ3n) is 6.85. The Labute approximate surface area is 231 Å². The number of nitrogens with zero attached hydrogens (tertiary/aromatic N) is 3. The summed E-state index contributed by atoms with van der Waals surface area (Å²) in [6.07, 6.45) is 0. The standard InChI is InChI=1S/C30H25F3N4O2S/c1-17-11-12-20(13-24(17)33)28-35-26(16-40-28)27-18(2)36(14-21-22(31)9-6-10-23(21)32)30(39)37(29(27)38)15-25(34)19-7-4-3-5-8-19/h3-13,16,25H,14-15,34H2,1-2H3/t25-/m0/s1. The summed E-state index contributed by atoms with van der Waals surface area (Å²) < 4.78 is 45.6. The molecule has 1 atom stereocenters. The van der Waals surface area contributed by atoms with E-state index in [0.717, 1.165) is 21.3 Å². The van der Waals surface area contributed by atoms with Crippen molar-refractivity contribution in [2.24, 2.45) is 5.73 Å². The molecule has 0 aliphatic rings. The van der Waals surface area contributed by atoms with Gasteiger partial charge in [0.25, 0.3) is 5.56 Å². The maximum atomic E-state index is 14.6. The van der Waals surface area contributed by atoms with E-state index in [4.69, 9.17) is 5.73 Å². The smallest absolute Gasteiger partial charge is 0.322 e. The zero-order chi connectivity index (χ0) is 28.6. The molecule has 0 aliphatic heterocycles. The fourth-order valence-electron chi connectivity index (χ4n) is 4.53. The minimum atomic E-state index is -0.816. The molecule has 40 heavy (non-hydrogen) atoms. The average molecular weight is 563 g/mol. The van der Waals surface area contributed by atoms with Gasteiger partial charge in [-0.15, -0.1) is 11.3 Å². The predicted molar refractivity (Wildman–Crippen MR) is 150 cm³/mol. The zero-order valence-electron chi connectivity index (χ0n) is 21.7. The van der Waals surface area contributed by atoms with Gasteiger partial charge in [-0.1, -0.05) is 48.5 Å². The van der Waals surface area contributed by atoms with Gasteiger partial charge in [-0.05, 0) is 43.2 Å². The normalized spacial score (nSPS) is 12.1. The average Bonchev–Trinajstić information content (AvgIpc) is 3.42. The van der Waals surface area contributed by atoms with Gasteiger partial charge in [0.1, 0.15) is 22.5 Å². The van der Waals surface area contributed by atoms with E-state index < -0.39 is 35.5 Å². The highest BCUT2D eigenvalue weighted by molar-refractivity contribution is 7.13. The first-order chi connectivity index (χ1) is 19.2. The van der Waals surface area contributed by atoms with Crippen molar-refractivity contribution in [3.8, 4) is 21.8 Å². The van der Waals surface area contributed by atoms with Crippen molar-refractivity contribution in [2.75, 3.05) is 0 Å². The van der Waals surface area contributed by atoms with Crippen molar-refractivity contribution in [1.82, 2.24) is 14.1 Å². The lowest BCUT2D eigenvalue weighted by atomic mass is 10.1. The van der Waals surface area contributed by atoms with Crippen LogP contribution in [0.25, 0.3) is 21.8 Å². The molecular formula is C30H25F3N4O2S. The van der Waals surface area contributed by atoms with Crippen molar-refractivity contribution < 1.29 is 13.2 Å². The minimum absolute atomic E-state index is 0.0895. The second-order valence-corrected chi connectivity index (χ2v) is 10.3. The Morgan fingerprint density at radius 1 is 0.900 bits per heavy atom. The second-order valence-electron chi connectivity index (χ2n) is 9.46. The summed E-state index contributed by atoms with van der Waals surface area (Å²) in [6, 6.07) is 16.4. The van der Waals surface area contributed by atoms with Crippen LogP contribution in [-0.4, -0.2) is 14.1 Å².